The summed E-state index contributed by atoms with van der Waals surface area (Å²) in [6.45, 7) is 0.578. The summed E-state index contributed by atoms with van der Waals surface area (Å²) in [5, 5.41) is 9.15. The minimum absolute atomic E-state index is 0.118. The first kappa shape index (κ1) is 20.3. The summed E-state index contributed by atoms with van der Waals surface area (Å²) in [4.78, 5) is 43.2. The van der Waals surface area contributed by atoms with Crippen molar-refractivity contribution in [2.75, 3.05) is 26.7 Å². The van der Waals surface area contributed by atoms with Crippen LogP contribution >= 0.6 is 0 Å². The van der Waals surface area contributed by atoms with Crippen LogP contribution in [0.4, 0.5) is 0 Å². The number of amides is 2. The molecule has 1 unspecified atom stereocenters. The molecule has 1 fully saturated rings. The lowest BCUT2D eigenvalue weighted by atomic mass is 9.98. The smallest absolute Gasteiger partial charge is 0.308 e. The number of carboxylic acids is 1. The van der Waals surface area contributed by atoms with Crippen molar-refractivity contribution < 1.29 is 24.2 Å². The molecule has 0 aliphatic carbocycles. The number of piperidine rings is 1. The van der Waals surface area contributed by atoms with Gasteiger partial charge in [0, 0.05) is 32.4 Å². The molecular formula is C21H23N3O5. The van der Waals surface area contributed by atoms with Crippen LogP contribution in [0.3, 0.4) is 0 Å². The Morgan fingerprint density at radius 2 is 1.97 bits per heavy atom. The summed E-state index contributed by atoms with van der Waals surface area (Å²) >= 11 is 0. The Kier molecular flexibility index (Phi) is 6.43. The minimum atomic E-state index is -0.893. The number of pyridine rings is 1. The molecular weight excluding hydrogens is 374 g/mol. The van der Waals surface area contributed by atoms with Crippen LogP contribution in [0.25, 0.3) is 0 Å². The molecule has 0 radical (unpaired) electrons. The Labute approximate surface area is 168 Å². The summed E-state index contributed by atoms with van der Waals surface area (Å²) in [5.41, 5.74) is 0.336. The van der Waals surface area contributed by atoms with E-state index in [1.54, 1.807) is 24.3 Å². The molecule has 1 N–H and O–H groups in total. The Morgan fingerprint density at radius 3 is 2.62 bits per heavy atom. The monoisotopic (exact) mass is 397 g/mol. The van der Waals surface area contributed by atoms with Crippen molar-refractivity contribution in [1.82, 2.24) is 14.8 Å². The predicted molar refractivity (Wildman–Crippen MR) is 105 cm³/mol. The van der Waals surface area contributed by atoms with E-state index in [0.29, 0.717) is 36.6 Å². The quantitative estimate of drug-likeness (QED) is 0.803. The van der Waals surface area contributed by atoms with Crippen molar-refractivity contribution in [2.24, 2.45) is 5.92 Å². The van der Waals surface area contributed by atoms with Crippen LogP contribution < -0.4 is 4.74 Å². The third-order valence-electron chi connectivity index (χ3n) is 4.79. The van der Waals surface area contributed by atoms with Gasteiger partial charge in [-0.2, -0.15) is 0 Å². The standard InChI is InChI=1S/C21H23N3O5/c1-23(14-19(25)24-11-5-6-16(13-24)21(27)28)20(26)15-9-10-18(22-12-15)29-17-7-3-2-4-8-17/h2-4,7-10,12,16H,5-6,11,13-14H2,1H3,(H,27,28). The second-order valence-electron chi connectivity index (χ2n) is 6.98. The number of likely N-dealkylation sites (tertiary alicyclic amines) is 1. The third kappa shape index (κ3) is 5.31. The van der Waals surface area contributed by atoms with E-state index >= 15 is 0 Å². The zero-order valence-corrected chi connectivity index (χ0v) is 16.2. The van der Waals surface area contributed by atoms with Crippen molar-refractivity contribution in [1.29, 1.82) is 0 Å². The van der Waals surface area contributed by atoms with Gasteiger partial charge in [0.1, 0.15) is 5.75 Å². The lowest BCUT2D eigenvalue weighted by Gasteiger charge is -2.32. The average Bonchev–Trinajstić information content (AvgIpc) is 2.74. The number of hydrogen-bond donors (Lipinski definition) is 1. The SMILES string of the molecule is CN(CC(=O)N1CCCC(C(=O)O)C1)C(=O)c1ccc(Oc2ccccc2)nc1. The molecule has 1 aromatic heterocycles. The van der Waals surface area contributed by atoms with E-state index < -0.39 is 11.9 Å². The molecule has 29 heavy (non-hydrogen) atoms. The molecule has 1 aromatic carbocycles. The van der Waals surface area contributed by atoms with Gasteiger partial charge in [-0.25, -0.2) is 4.98 Å². The van der Waals surface area contributed by atoms with Crippen LogP contribution in [0.15, 0.2) is 48.7 Å². The second kappa shape index (κ2) is 9.18. The van der Waals surface area contributed by atoms with Gasteiger partial charge in [-0.15, -0.1) is 0 Å². The molecule has 0 bridgehead atoms. The zero-order valence-electron chi connectivity index (χ0n) is 16.2. The number of benzene rings is 1. The van der Waals surface area contributed by atoms with Crippen LogP contribution in [-0.2, 0) is 9.59 Å². The normalized spacial score (nSPS) is 16.2. The average molecular weight is 397 g/mol. The van der Waals surface area contributed by atoms with E-state index in [2.05, 4.69) is 4.98 Å². The Balaban J connectivity index is 1.56. The number of carbonyl (C=O) groups excluding carboxylic acids is 2. The van der Waals surface area contributed by atoms with Crippen molar-refractivity contribution in [3.63, 3.8) is 0 Å². The molecule has 2 heterocycles. The van der Waals surface area contributed by atoms with Gasteiger partial charge < -0.3 is 19.6 Å². The number of likely N-dealkylation sites (N-methyl/N-ethyl adjacent to an activating group) is 1. The number of aromatic nitrogens is 1. The number of aliphatic carboxylic acids is 1. The molecule has 1 saturated heterocycles. The number of rotatable bonds is 6. The number of ether oxygens (including phenoxy) is 1. The number of carboxylic acid groups (broad SMARTS) is 1. The molecule has 2 amide bonds. The van der Waals surface area contributed by atoms with Crippen molar-refractivity contribution in [3.8, 4) is 11.6 Å². The number of nitrogens with zero attached hydrogens (tertiary/aromatic N) is 3. The Hall–Kier alpha value is -3.42. The van der Waals surface area contributed by atoms with Crippen molar-refractivity contribution >= 4 is 17.8 Å². The summed E-state index contributed by atoms with van der Waals surface area (Å²) in [5.74, 6) is -1.04. The summed E-state index contributed by atoms with van der Waals surface area (Å²) in [6.07, 6.45) is 2.62. The first-order valence-corrected chi connectivity index (χ1v) is 9.39. The largest absolute Gasteiger partial charge is 0.481 e. The van der Waals surface area contributed by atoms with Crippen molar-refractivity contribution in [3.05, 3.63) is 54.2 Å². The fraction of sp³-hybridized carbons (Fsp3) is 0.333. The molecule has 8 nitrogen and oxygen atoms in total. The number of carbonyl (C=O) groups is 3. The maximum absolute atomic E-state index is 12.6. The Morgan fingerprint density at radius 1 is 1.21 bits per heavy atom. The molecule has 1 aliphatic heterocycles. The molecule has 152 valence electrons. The van der Waals surface area contributed by atoms with E-state index in [9.17, 15) is 14.4 Å². The molecule has 0 spiro atoms. The fourth-order valence-electron chi connectivity index (χ4n) is 3.18. The van der Waals surface area contributed by atoms with Crippen LogP contribution in [0.1, 0.15) is 23.2 Å². The highest BCUT2D eigenvalue weighted by atomic mass is 16.5. The molecule has 0 saturated carbocycles. The van der Waals surface area contributed by atoms with E-state index in [0.717, 1.165) is 0 Å². The van der Waals surface area contributed by atoms with Gasteiger partial charge >= 0.3 is 5.97 Å². The first-order valence-electron chi connectivity index (χ1n) is 9.39. The van der Waals surface area contributed by atoms with Gasteiger partial charge in [-0.1, -0.05) is 18.2 Å². The van der Waals surface area contributed by atoms with Crippen LogP contribution in [-0.4, -0.2) is 64.4 Å². The summed E-state index contributed by atoms with van der Waals surface area (Å²) < 4.78 is 5.60. The predicted octanol–water partition coefficient (Wildman–Crippen LogP) is 2.27. The fourth-order valence-corrected chi connectivity index (χ4v) is 3.18. The zero-order chi connectivity index (χ0) is 20.8. The highest BCUT2D eigenvalue weighted by Gasteiger charge is 2.29. The molecule has 2 aromatic rings. The highest BCUT2D eigenvalue weighted by Crippen LogP contribution is 2.19. The lowest BCUT2D eigenvalue weighted by Crippen LogP contribution is -2.46. The molecule has 3 rings (SSSR count). The number of para-hydroxylation sites is 1. The molecule has 8 heteroatoms. The highest BCUT2D eigenvalue weighted by molar-refractivity contribution is 5.96. The molecule has 1 atom stereocenters. The minimum Gasteiger partial charge on any atom is -0.481 e. The maximum atomic E-state index is 12.6. The van der Waals surface area contributed by atoms with E-state index in [1.807, 2.05) is 18.2 Å². The van der Waals surface area contributed by atoms with E-state index in [1.165, 1.54) is 23.0 Å². The lowest BCUT2D eigenvalue weighted by molar-refractivity contribution is -0.145. The van der Waals surface area contributed by atoms with Crippen LogP contribution in [0.2, 0.25) is 0 Å². The van der Waals surface area contributed by atoms with Gasteiger partial charge in [0.15, 0.2) is 0 Å². The Bertz CT molecular complexity index is 870. The van der Waals surface area contributed by atoms with Crippen LogP contribution in [0.5, 0.6) is 11.6 Å². The van der Waals surface area contributed by atoms with Crippen molar-refractivity contribution in [2.45, 2.75) is 12.8 Å². The van der Waals surface area contributed by atoms with E-state index in [4.69, 9.17) is 9.84 Å². The summed E-state index contributed by atoms with van der Waals surface area (Å²) in [6, 6.07) is 12.4. The van der Waals surface area contributed by atoms with Crippen LogP contribution in [0, 0.1) is 5.92 Å². The first-order chi connectivity index (χ1) is 13.9. The van der Waals surface area contributed by atoms with Gasteiger partial charge in [0.05, 0.1) is 18.0 Å². The second-order valence-corrected chi connectivity index (χ2v) is 6.98. The van der Waals surface area contributed by atoms with Gasteiger partial charge in [-0.05, 0) is 31.0 Å². The van der Waals surface area contributed by atoms with E-state index in [-0.39, 0.29) is 24.9 Å². The maximum Gasteiger partial charge on any atom is 0.308 e. The topological polar surface area (TPSA) is 100 Å². The molecule has 1 aliphatic rings. The van der Waals surface area contributed by atoms with Gasteiger partial charge in [-0.3, -0.25) is 14.4 Å². The third-order valence-corrected chi connectivity index (χ3v) is 4.79. The van der Waals surface area contributed by atoms with Gasteiger partial charge in [0.2, 0.25) is 11.8 Å². The van der Waals surface area contributed by atoms with Gasteiger partial charge in [0.25, 0.3) is 5.91 Å². The number of hydrogen-bond acceptors (Lipinski definition) is 5. The summed E-state index contributed by atoms with van der Waals surface area (Å²) in [7, 11) is 1.53.